The summed E-state index contributed by atoms with van der Waals surface area (Å²) in [6, 6.07) is 8.75. The zero-order chi connectivity index (χ0) is 16.8. The molecule has 1 aromatic carbocycles. The van der Waals surface area contributed by atoms with Crippen LogP contribution < -0.4 is 0 Å². The SMILES string of the molecule is CCCCc1ccc(-c2ncc([C@H]3CC[C@H](CC)CC3)cn2)cc1. The van der Waals surface area contributed by atoms with Gasteiger partial charge in [0.1, 0.15) is 0 Å². The molecule has 2 aromatic rings. The van der Waals surface area contributed by atoms with Crippen molar-refractivity contribution in [1.29, 1.82) is 0 Å². The second-order valence-electron chi connectivity index (χ2n) is 7.27. The van der Waals surface area contributed by atoms with Gasteiger partial charge in [-0.3, -0.25) is 0 Å². The van der Waals surface area contributed by atoms with Gasteiger partial charge in [0.15, 0.2) is 5.82 Å². The van der Waals surface area contributed by atoms with E-state index in [1.165, 1.54) is 56.1 Å². The molecule has 1 heterocycles. The molecule has 128 valence electrons. The Morgan fingerprint density at radius 1 is 0.917 bits per heavy atom. The van der Waals surface area contributed by atoms with Crippen LogP contribution in [0.3, 0.4) is 0 Å². The normalized spacial score (nSPS) is 20.9. The third-order valence-corrected chi connectivity index (χ3v) is 5.60. The van der Waals surface area contributed by atoms with Gasteiger partial charge in [-0.25, -0.2) is 9.97 Å². The molecule has 2 nitrogen and oxygen atoms in total. The van der Waals surface area contributed by atoms with Crippen molar-refractivity contribution in [1.82, 2.24) is 9.97 Å². The Morgan fingerprint density at radius 2 is 1.58 bits per heavy atom. The minimum Gasteiger partial charge on any atom is -0.236 e. The highest BCUT2D eigenvalue weighted by Gasteiger charge is 2.21. The summed E-state index contributed by atoms with van der Waals surface area (Å²) in [6.45, 7) is 4.55. The summed E-state index contributed by atoms with van der Waals surface area (Å²) in [5.74, 6) is 2.45. The quantitative estimate of drug-likeness (QED) is 0.635. The molecule has 0 atom stereocenters. The van der Waals surface area contributed by atoms with Crippen molar-refractivity contribution in [2.24, 2.45) is 5.92 Å². The van der Waals surface area contributed by atoms with E-state index in [1.807, 2.05) is 0 Å². The third-order valence-electron chi connectivity index (χ3n) is 5.60. The summed E-state index contributed by atoms with van der Waals surface area (Å²) in [5, 5.41) is 0. The summed E-state index contributed by atoms with van der Waals surface area (Å²) in [4.78, 5) is 9.29. The maximum Gasteiger partial charge on any atom is 0.159 e. The number of unbranched alkanes of at least 4 members (excludes halogenated alkanes) is 1. The third kappa shape index (κ3) is 4.23. The van der Waals surface area contributed by atoms with E-state index >= 15 is 0 Å². The van der Waals surface area contributed by atoms with Crippen molar-refractivity contribution in [3.8, 4) is 11.4 Å². The summed E-state index contributed by atoms with van der Waals surface area (Å²) >= 11 is 0. The van der Waals surface area contributed by atoms with E-state index in [-0.39, 0.29) is 0 Å². The van der Waals surface area contributed by atoms with Crippen LogP contribution in [0.2, 0.25) is 0 Å². The average Bonchev–Trinajstić information content (AvgIpc) is 2.67. The van der Waals surface area contributed by atoms with Gasteiger partial charge in [-0.1, -0.05) is 51.0 Å². The average molecular weight is 322 g/mol. The largest absolute Gasteiger partial charge is 0.236 e. The fraction of sp³-hybridized carbons (Fsp3) is 0.545. The fourth-order valence-electron chi connectivity index (χ4n) is 3.80. The molecule has 1 saturated carbocycles. The summed E-state index contributed by atoms with van der Waals surface area (Å²) in [6.07, 6.45) is 14.4. The number of hydrogen-bond acceptors (Lipinski definition) is 2. The Morgan fingerprint density at radius 3 is 2.17 bits per heavy atom. The molecule has 1 aliphatic rings. The summed E-state index contributed by atoms with van der Waals surface area (Å²) in [7, 11) is 0. The van der Waals surface area contributed by atoms with E-state index in [4.69, 9.17) is 0 Å². The molecule has 0 amide bonds. The number of aromatic nitrogens is 2. The Bertz CT molecular complexity index is 607. The smallest absolute Gasteiger partial charge is 0.159 e. The van der Waals surface area contributed by atoms with Crippen molar-refractivity contribution in [3.05, 3.63) is 47.8 Å². The predicted molar refractivity (Wildman–Crippen MR) is 101 cm³/mol. The van der Waals surface area contributed by atoms with Gasteiger partial charge in [0.05, 0.1) is 0 Å². The van der Waals surface area contributed by atoms with Gasteiger partial charge in [0.25, 0.3) is 0 Å². The minimum absolute atomic E-state index is 0.665. The highest BCUT2D eigenvalue weighted by atomic mass is 14.9. The van der Waals surface area contributed by atoms with E-state index < -0.39 is 0 Å². The van der Waals surface area contributed by atoms with Crippen LogP contribution in [0.1, 0.15) is 75.8 Å². The monoisotopic (exact) mass is 322 g/mol. The Labute approximate surface area is 146 Å². The molecule has 1 aliphatic carbocycles. The van der Waals surface area contributed by atoms with E-state index in [2.05, 4.69) is 60.5 Å². The highest BCUT2D eigenvalue weighted by Crippen LogP contribution is 2.36. The number of aryl methyl sites for hydroxylation is 1. The van der Waals surface area contributed by atoms with Gasteiger partial charge < -0.3 is 0 Å². The number of hydrogen-bond donors (Lipinski definition) is 0. The predicted octanol–water partition coefficient (Wildman–Crippen LogP) is 6.17. The number of benzene rings is 1. The van der Waals surface area contributed by atoms with Gasteiger partial charge in [0, 0.05) is 18.0 Å². The van der Waals surface area contributed by atoms with Crippen LogP contribution in [-0.2, 0) is 6.42 Å². The van der Waals surface area contributed by atoms with Crippen LogP contribution in [0.25, 0.3) is 11.4 Å². The van der Waals surface area contributed by atoms with E-state index in [1.54, 1.807) is 0 Å². The minimum atomic E-state index is 0.665. The Balaban J connectivity index is 1.64. The topological polar surface area (TPSA) is 25.8 Å². The molecule has 2 heteroatoms. The molecule has 1 fully saturated rings. The van der Waals surface area contributed by atoms with Gasteiger partial charge in [0.2, 0.25) is 0 Å². The zero-order valence-electron chi connectivity index (χ0n) is 15.2. The van der Waals surface area contributed by atoms with Crippen molar-refractivity contribution in [3.63, 3.8) is 0 Å². The number of nitrogens with zero attached hydrogens (tertiary/aromatic N) is 2. The molecule has 0 bridgehead atoms. The van der Waals surface area contributed by atoms with Gasteiger partial charge in [-0.05, 0) is 61.5 Å². The maximum atomic E-state index is 4.64. The first-order valence-corrected chi connectivity index (χ1v) is 9.71. The van der Waals surface area contributed by atoms with Gasteiger partial charge in [-0.15, -0.1) is 0 Å². The lowest BCUT2D eigenvalue weighted by molar-refractivity contribution is 0.318. The van der Waals surface area contributed by atoms with Crippen LogP contribution >= 0.6 is 0 Å². The van der Waals surface area contributed by atoms with Crippen molar-refractivity contribution in [2.75, 3.05) is 0 Å². The molecule has 0 aliphatic heterocycles. The van der Waals surface area contributed by atoms with Crippen LogP contribution in [0.4, 0.5) is 0 Å². The second kappa shape index (κ2) is 8.41. The Kier molecular flexibility index (Phi) is 6.01. The molecule has 3 rings (SSSR count). The molecule has 0 unspecified atom stereocenters. The van der Waals surface area contributed by atoms with Crippen molar-refractivity contribution >= 4 is 0 Å². The molecular weight excluding hydrogens is 292 g/mol. The number of rotatable bonds is 6. The molecule has 0 radical (unpaired) electrons. The first kappa shape index (κ1) is 17.1. The Hall–Kier alpha value is -1.70. The van der Waals surface area contributed by atoms with Crippen molar-refractivity contribution < 1.29 is 0 Å². The van der Waals surface area contributed by atoms with Crippen molar-refractivity contribution in [2.45, 2.75) is 71.1 Å². The van der Waals surface area contributed by atoms with Crippen LogP contribution in [0, 0.1) is 5.92 Å². The van der Waals surface area contributed by atoms with E-state index in [9.17, 15) is 0 Å². The fourth-order valence-corrected chi connectivity index (χ4v) is 3.80. The van der Waals surface area contributed by atoms with Gasteiger partial charge in [-0.2, -0.15) is 0 Å². The van der Waals surface area contributed by atoms with Crippen LogP contribution in [-0.4, -0.2) is 9.97 Å². The lowest BCUT2D eigenvalue weighted by Gasteiger charge is -2.27. The maximum absolute atomic E-state index is 4.64. The summed E-state index contributed by atoms with van der Waals surface area (Å²) in [5.41, 5.74) is 3.86. The zero-order valence-corrected chi connectivity index (χ0v) is 15.2. The standard InChI is InChI=1S/C22H30N2/c1-3-5-6-18-9-13-20(14-10-18)22-23-15-21(16-24-22)19-11-7-17(4-2)8-12-19/h9-10,13-17,19H,3-8,11-12H2,1-2H3/t17-,19-. The van der Waals surface area contributed by atoms with Crippen LogP contribution in [0.15, 0.2) is 36.7 Å². The van der Waals surface area contributed by atoms with Gasteiger partial charge >= 0.3 is 0 Å². The molecular formula is C22H30N2. The molecule has 1 aromatic heterocycles. The first-order valence-electron chi connectivity index (χ1n) is 9.71. The lowest BCUT2D eigenvalue weighted by Crippen LogP contribution is -2.13. The first-order chi connectivity index (χ1) is 11.8. The van der Waals surface area contributed by atoms with E-state index in [0.29, 0.717) is 5.92 Å². The highest BCUT2D eigenvalue weighted by molar-refractivity contribution is 5.55. The molecule has 0 saturated heterocycles. The van der Waals surface area contributed by atoms with Crippen LogP contribution in [0.5, 0.6) is 0 Å². The molecule has 24 heavy (non-hydrogen) atoms. The lowest BCUT2D eigenvalue weighted by atomic mass is 9.78. The molecule has 0 N–H and O–H groups in total. The second-order valence-corrected chi connectivity index (χ2v) is 7.27. The molecule has 0 spiro atoms. The van der Waals surface area contributed by atoms with E-state index in [0.717, 1.165) is 23.7 Å². The summed E-state index contributed by atoms with van der Waals surface area (Å²) < 4.78 is 0.